The van der Waals surface area contributed by atoms with Gasteiger partial charge in [0.05, 0.1) is 17.0 Å². The molecular formula is C17H25Cl2N3O2S. The Morgan fingerprint density at radius 3 is 2.72 bits per heavy atom. The van der Waals surface area contributed by atoms with E-state index >= 15 is 0 Å². The third kappa shape index (κ3) is 5.45. The van der Waals surface area contributed by atoms with Crippen LogP contribution in [0.1, 0.15) is 24.3 Å². The molecule has 0 radical (unpaired) electrons. The first kappa shape index (κ1) is 22.0. The van der Waals surface area contributed by atoms with Crippen molar-refractivity contribution in [3.05, 3.63) is 29.0 Å². The van der Waals surface area contributed by atoms with Crippen molar-refractivity contribution in [3.8, 4) is 10.8 Å². The molecule has 0 aliphatic carbocycles. The molecule has 1 amide bonds. The van der Waals surface area contributed by atoms with Crippen LogP contribution in [0, 0.1) is 12.8 Å². The summed E-state index contributed by atoms with van der Waals surface area (Å²) in [5, 5.41) is 5.22. The third-order valence-electron chi connectivity index (χ3n) is 4.40. The molecule has 0 aromatic carbocycles. The van der Waals surface area contributed by atoms with Crippen molar-refractivity contribution in [2.45, 2.75) is 26.2 Å². The molecule has 0 unspecified atom stereocenters. The van der Waals surface area contributed by atoms with E-state index in [4.69, 9.17) is 4.42 Å². The lowest BCUT2D eigenvalue weighted by Gasteiger charge is -2.31. The van der Waals surface area contributed by atoms with Crippen molar-refractivity contribution >= 4 is 42.1 Å². The molecule has 8 heteroatoms. The lowest BCUT2D eigenvalue weighted by molar-refractivity contribution is -0.131. The second-order valence-electron chi connectivity index (χ2n) is 6.06. The minimum absolute atomic E-state index is 0. The highest BCUT2D eigenvalue weighted by molar-refractivity contribution is 7.13. The number of thiophene rings is 1. The molecule has 2 aromatic heterocycles. The highest BCUT2D eigenvalue weighted by Gasteiger charge is 2.24. The molecule has 0 atom stereocenters. The predicted octanol–water partition coefficient (Wildman–Crippen LogP) is 3.56. The first-order valence-corrected chi connectivity index (χ1v) is 8.98. The molecule has 1 N–H and O–H groups in total. The van der Waals surface area contributed by atoms with E-state index in [1.165, 1.54) is 0 Å². The highest BCUT2D eigenvalue weighted by Crippen LogP contribution is 2.26. The molecule has 3 rings (SSSR count). The van der Waals surface area contributed by atoms with Gasteiger partial charge in [-0.3, -0.25) is 4.79 Å². The maximum Gasteiger partial charge on any atom is 0.236 e. The molecule has 5 nitrogen and oxygen atoms in total. The number of aryl methyl sites for hydroxylation is 1. The maximum absolute atomic E-state index is 12.5. The summed E-state index contributed by atoms with van der Waals surface area (Å²) in [7, 11) is 1.98. The molecule has 0 bridgehead atoms. The SMILES string of the molecule is CNCC1CCN(C(=O)Cc2nc(-c3cccs3)oc2C)CC1.Cl.Cl. The molecule has 3 heterocycles. The molecule has 25 heavy (non-hydrogen) atoms. The van der Waals surface area contributed by atoms with E-state index in [1.807, 2.05) is 36.4 Å². The van der Waals surface area contributed by atoms with Crippen LogP contribution in [-0.4, -0.2) is 42.5 Å². The number of likely N-dealkylation sites (tertiary alicyclic amines) is 1. The Morgan fingerprint density at radius 2 is 2.12 bits per heavy atom. The van der Waals surface area contributed by atoms with Gasteiger partial charge in [-0.2, -0.15) is 0 Å². The van der Waals surface area contributed by atoms with Crippen LogP contribution < -0.4 is 5.32 Å². The van der Waals surface area contributed by atoms with Crippen molar-refractivity contribution in [2.75, 3.05) is 26.7 Å². The zero-order valence-corrected chi connectivity index (χ0v) is 16.9. The summed E-state index contributed by atoms with van der Waals surface area (Å²) >= 11 is 1.59. The van der Waals surface area contributed by atoms with Gasteiger partial charge in [0.2, 0.25) is 11.8 Å². The zero-order valence-electron chi connectivity index (χ0n) is 14.5. The number of carbonyl (C=O) groups excluding carboxylic acids is 1. The Labute approximate surface area is 165 Å². The number of halogens is 2. The van der Waals surface area contributed by atoms with Gasteiger partial charge in [0.25, 0.3) is 0 Å². The summed E-state index contributed by atoms with van der Waals surface area (Å²) in [6.07, 6.45) is 2.48. The number of nitrogens with one attached hydrogen (secondary N) is 1. The Bertz CT molecular complexity index is 653. The summed E-state index contributed by atoms with van der Waals surface area (Å²) in [6, 6.07) is 3.95. The van der Waals surface area contributed by atoms with Crippen LogP contribution in [0.4, 0.5) is 0 Å². The largest absolute Gasteiger partial charge is 0.440 e. The van der Waals surface area contributed by atoms with Crippen LogP contribution in [0.3, 0.4) is 0 Å². The van der Waals surface area contributed by atoms with Gasteiger partial charge >= 0.3 is 0 Å². The van der Waals surface area contributed by atoms with Gasteiger partial charge in [-0.1, -0.05) is 6.07 Å². The van der Waals surface area contributed by atoms with Crippen molar-refractivity contribution < 1.29 is 9.21 Å². The molecule has 140 valence electrons. The first-order chi connectivity index (χ1) is 11.2. The summed E-state index contributed by atoms with van der Waals surface area (Å²) in [5.41, 5.74) is 0.760. The van der Waals surface area contributed by atoms with Crippen LogP contribution in [0.25, 0.3) is 10.8 Å². The average Bonchev–Trinajstić information content (AvgIpc) is 3.19. The van der Waals surface area contributed by atoms with Gasteiger partial charge in [-0.15, -0.1) is 36.2 Å². The second kappa shape index (κ2) is 10.2. The Kier molecular flexibility index (Phi) is 8.93. The fourth-order valence-corrected chi connectivity index (χ4v) is 3.68. The maximum atomic E-state index is 12.5. The Balaban J connectivity index is 0.00000156. The number of hydrogen-bond donors (Lipinski definition) is 1. The van der Waals surface area contributed by atoms with Crippen LogP contribution in [0.15, 0.2) is 21.9 Å². The summed E-state index contributed by atoms with van der Waals surface area (Å²) in [4.78, 5) is 20.0. The monoisotopic (exact) mass is 405 g/mol. The molecule has 1 saturated heterocycles. The molecule has 1 fully saturated rings. The topological polar surface area (TPSA) is 58.4 Å². The normalized spacial score (nSPS) is 14.7. The van der Waals surface area contributed by atoms with E-state index in [-0.39, 0.29) is 30.7 Å². The fourth-order valence-electron chi connectivity index (χ4n) is 3.03. The zero-order chi connectivity index (χ0) is 16.2. The molecular weight excluding hydrogens is 381 g/mol. The Hall–Kier alpha value is -1.08. The van der Waals surface area contributed by atoms with Gasteiger partial charge in [0.1, 0.15) is 5.76 Å². The van der Waals surface area contributed by atoms with Crippen LogP contribution in [-0.2, 0) is 11.2 Å². The van der Waals surface area contributed by atoms with Gasteiger partial charge in [-0.05, 0) is 50.7 Å². The van der Waals surface area contributed by atoms with Gasteiger partial charge in [-0.25, -0.2) is 4.98 Å². The van der Waals surface area contributed by atoms with Crippen LogP contribution in [0.2, 0.25) is 0 Å². The lowest BCUT2D eigenvalue weighted by Crippen LogP contribution is -2.41. The van der Waals surface area contributed by atoms with Crippen molar-refractivity contribution in [2.24, 2.45) is 5.92 Å². The highest BCUT2D eigenvalue weighted by atomic mass is 35.5. The first-order valence-electron chi connectivity index (χ1n) is 8.10. The standard InChI is InChI=1S/C17H23N3O2S.2ClH/c1-12-14(19-17(22-12)15-4-3-9-23-15)10-16(21)20-7-5-13(6-8-20)11-18-2;;/h3-4,9,13,18H,5-8,10-11H2,1-2H3;2*1H. The van der Waals surface area contributed by atoms with E-state index in [0.717, 1.165) is 48.8 Å². The number of nitrogens with zero attached hydrogens (tertiary/aromatic N) is 2. The van der Waals surface area contributed by atoms with E-state index < -0.39 is 0 Å². The van der Waals surface area contributed by atoms with Crippen molar-refractivity contribution in [1.29, 1.82) is 0 Å². The third-order valence-corrected chi connectivity index (χ3v) is 5.26. The number of piperidine rings is 1. The van der Waals surface area contributed by atoms with E-state index in [2.05, 4.69) is 10.3 Å². The number of hydrogen-bond acceptors (Lipinski definition) is 5. The molecule has 1 aliphatic heterocycles. The lowest BCUT2D eigenvalue weighted by atomic mass is 9.96. The minimum Gasteiger partial charge on any atom is -0.440 e. The van der Waals surface area contributed by atoms with E-state index in [9.17, 15) is 4.79 Å². The summed E-state index contributed by atoms with van der Waals surface area (Å²) in [5.74, 6) is 2.20. The van der Waals surface area contributed by atoms with Crippen molar-refractivity contribution in [1.82, 2.24) is 15.2 Å². The van der Waals surface area contributed by atoms with Crippen LogP contribution in [0.5, 0.6) is 0 Å². The van der Waals surface area contributed by atoms with Gasteiger partial charge in [0, 0.05) is 13.1 Å². The molecule has 1 aliphatic rings. The van der Waals surface area contributed by atoms with Gasteiger partial charge < -0.3 is 14.6 Å². The number of oxazole rings is 1. The number of rotatable bonds is 5. The summed E-state index contributed by atoms with van der Waals surface area (Å²) in [6.45, 7) is 4.61. The fraction of sp³-hybridized carbons (Fsp3) is 0.529. The number of carbonyl (C=O) groups is 1. The van der Waals surface area contributed by atoms with E-state index in [1.54, 1.807) is 11.3 Å². The second-order valence-corrected chi connectivity index (χ2v) is 7.01. The Morgan fingerprint density at radius 1 is 1.40 bits per heavy atom. The molecule has 0 saturated carbocycles. The van der Waals surface area contributed by atoms with Crippen molar-refractivity contribution in [3.63, 3.8) is 0 Å². The average molecular weight is 406 g/mol. The molecule has 2 aromatic rings. The number of aromatic nitrogens is 1. The molecule has 0 spiro atoms. The van der Waals surface area contributed by atoms with Crippen LogP contribution >= 0.6 is 36.2 Å². The quantitative estimate of drug-likeness (QED) is 0.825. The van der Waals surface area contributed by atoms with Gasteiger partial charge in [0.15, 0.2) is 0 Å². The summed E-state index contributed by atoms with van der Waals surface area (Å²) < 4.78 is 5.72. The smallest absolute Gasteiger partial charge is 0.236 e. The van der Waals surface area contributed by atoms with E-state index in [0.29, 0.717) is 18.2 Å². The predicted molar refractivity (Wildman–Crippen MR) is 106 cm³/mol. The minimum atomic E-state index is 0. The number of amides is 1.